The van der Waals surface area contributed by atoms with Crippen molar-refractivity contribution in [3.05, 3.63) is 57.6 Å². The first-order valence-corrected chi connectivity index (χ1v) is 8.54. The highest BCUT2D eigenvalue weighted by Gasteiger charge is 2.08. The zero-order valence-corrected chi connectivity index (χ0v) is 13.6. The topological polar surface area (TPSA) is 77.8 Å². The number of carbonyl (C=O) groups is 1. The van der Waals surface area contributed by atoms with Gasteiger partial charge in [0.2, 0.25) is 0 Å². The highest BCUT2D eigenvalue weighted by Crippen LogP contribution is 2.25. The smallest absolute Gasteiger partial charge is 0.321 e. The number of carbonyl (C=O) groups excluding carboxylic acids is 1. The van der Waals surface area contributed by atoms with Crippen molar-refractivity contribution in [3.63, 3.8) is 0 Å². The fourth-order valence-electron chi connectivity index (χ4n) is 1.90. The van der Waals surface area contributed by atoms with Crippen LogP contribution < -0.4 is 10.6 Å². The molecular weight excluding hydrogens is 328 g/mol. The van der Waals surface area contributed by atoms with E-state index in [2.05, 4.69) is 21.7 Å². The minimum Gasteiger partial charge on any atom is -0.333 e. The quantitative estimate of drug-likeness (QED) is 0.751. The molecule has 0 saturated heterocycles. The van der Waals surface area contributed by atoms with E-state index >= 15 is 0 Å². The van der Waals surface area contributed by atoms with E-state index < -0.39 is 0 Å². The van der Waals surface area contributed by atoms with Gasteiger partial charge in [0, 0.05) is 15.8 Å². The van der Waals surface area contributed by atoms with Crippen LogP contribution in [-0.4, -0.2) is 11.0 Å². The minimum atomic E-state index is -0.279. The number of benzene rings is 1. The average molecular weight is 340 g/mol. The lowest BCUT2D eigenvalue weighted by Crippen LogP contribution is -2.27. The van der Waals surface area contributed by atoms with Crippen molar-refractivity contribution in [1.29, 1.82) is 5.26 Å². The van der Waals surface area contributed by atoms with Gasteiger partial charge in [-0.2, -0.15) is 5.26 Å². The zero-order chi connectivity index (χ0) is 16.1. The summed E-state index contributed by atoms with van der Waals surface area (Å²) in [5, 5.41) is 18.7. The Morgan fingerprint density at radius 3 is 2.74 bits per heavy atom. The highest BCUT2D eigenvalue weighted by atomic mass is 32.1. The maximum Gasteiger partial charge on any atom is 0.321 e. The van der Waals surface area contributed by atoms with Gasteiger partial charge in [-0.25, -0.2) is 9.78 Å². The van der Waals surface area contributed by atoms with Gasteiger partial charge in [0.15, 0.2) is 5.13 Å². The van der Waals surface area contributed by atoms with Gasteiger partial charge in [-0.1, -0.05) is 18.2 Å². The number of nitrogens with zero attached hydrogens (tertiary/aromatic N) is 2. The van der Waals surface area contributed by atoms with Gasteiger partial charge in [0.05, 0.1) is 23.9 Å². The van der Waals surface area contributed by atoms with E-state index in [1.807, 2.05) is 35.0 Å². The molecule has 114 valence electrons. The van der Waals surface area contributed by atoms with Crippen LogP contribution in [-0.2, 0) is 6.54 Å². The molecule has 0 aliphatic rings. The van der Waals surface area contributed by atoms with Crippen LogP contribution in [0.1, 0.15) is 10.4 Å². The predicted octanol–water partition coefficient (Wildman–Crippen LogP) is 4.06. The lowest BCUT2D eigenvalue weighted by atomic mass is 10.1. The molecular formula is C16H12N4OS2. The lowest BCUT2D eigenvalue weighted by Gasteiger charge is -2.03. The number of urea groups is 1. The summed E-state index contributed by atoms with van der Waals surface area (Å²) in [6.45, 7) is 0.497. The lowest BCUT2D eigenvalue weighted by molar-refractivity contribution is 0.252. The molecule has 3 rings (SSSR count). The predicted molar refractivity (Wildman–Crippen MR) is 92.4 cm³/mol. The van der Waals surface area contributed by atoms with Crippen LogP contribution in [0.2, 0.25) is 0 Å². The largest absolute Gasteiger partial charge is 0.333 e. The van der Waals surface area contributed by atoms with Gasteiger partial charge >= 0.3 is 6.03 Å². The molecule has 0 aliphatic carbocycles. The molecule has 2 aromatic heterocycles. The van der Waals surface area contributed by atoms with E-state index in [4.69, 9.17) is 5.26 Å². The summed E-state index contributed by atoms with van der Waals surface area (Å²) in [6, 6.07) is 12.9. The van der Waals surface area contributed by atoms with Crippen molar-refractivity contribution in [1.82, 2.24) is 10.3 Å². The highest BCUT2D eigenvalue weighted by molar-refractivity contribution is 7.14. The summed E-state index contributed by atoms with van der Waals surface area (Å²) < 4.78 is 0. The summed E-state index contributed by atoms with van der Waals surface area (Å²) >= 11 is 2.96. The second kappa shape index (κ2) is 7.05. The van der Waals surface area contributed by atoms with Crippen LogP contribution in [0.4, 0.5) is 9.93 Å². The molecule has 0 fully saturated rings. The summed E-state index contributed by atoms with van der Waals surface area (Å²) in [5.41, 5.74) is 2.29. The van der Waals surface area contributed by atoms with E-state index in [0.29, 0.717) is 17.2 Å². The standard InChI is InChI=1S/C16H12N4OS2/c17-8-11-3-5-12(6-4-11)14-10-23-16(19-14)20-15(21)18-9-13-2-1-7-22-13/h1-7,10H,9H2,(H2,18,19,20,21). The van der Waals surface area contributed by atoms with E-state index in [1.165, 1.54) is 11.3 Å². The summed E-state index contributed by atoms with van der Waals surface area (Å²) in [7, 11) is 0. The second-order valence-corrected chi connectivity index (χ2v) is 6.50. The molecule has 0 atom stereocenters. The first-order valence-electron chi connectivity index (χ1n) is 6.78. The Morgan fingerprint density at radius 1 is 1.22 bits per heavy atom. The van der Waals surface area contributed by atoms with Gasteiger partial charge in [-0.15, -0.1) is 22.7 Å². The monoisotopic (exact) mass is 340 g/mol. The molecule has 0 aliphatic heterocycles. The maximum absolute atomic E-state index is 11.8. The number of hydrogen-bond acceptors (Lipinski definition) is 5. The van der Waals surface area contributed by atoms with E-state index in [9.17, 15) is 4.79 Å². The molecule has 0 saturated carbocycles. The Labute approximate surface area is 141 Å². The Hall–Kier alpha value is -2.69. The van der Waals surface area contributed by atoms with Crippen molar-refractivity contribution in [2.45, 2.75) is 6.54 Å². The molecule has 2 heterocycles. The summed E-state index contributed by atoms with van der Waals surface area (Å²) in [4.78, 5) is 17.3. The van der Waals surface area contributed by atoms with Crippen LogP contribution in [0.15, 0.2) is 47.2 Å². The summed E-state index contributed by atoms with van der Waals surface area (Å²) in [5.74, 6) is 0. The van der Waals surface area contributed by atoms with E-state index in [1.54, 1.807) is 23.5 Å². The normalized spacial score (nSPS) is 10.0. The van der Waals surface area contributed by atoms with E-state index in [-0.39, 0.29) is 6.03 Å². The van der Waals surface area contributed by atoms with E-state index in [0.717, 1.165) is 16.1 Å². The van der Waals surface area contributed by atoms with Crippen molar-refractivity contribution in [3.8, 4) is 17.3 Å². The number of nitriles is 1. The van der Waals surface area contributed by atoms with Gasteiger partial charge in [0.25, 0.3) is 0 Å². The Morgan fingerprint density at radius 2 is 2.04 bits per heavy atom. The van der Waals surface area contributed by atoms with Gasteiger partial charge in [-0.05, 0) is 23.6 Å². The van der Waals surface area contributed by atoms with Gasteiger partial charge in [-0.3, -0.25) is 5.32 Å². The van der Waals surface area contributed by atoms with Crippen molar-refractivity contribution in [2.24, 2.45) is 0 Å². The summed E-state index contributed by atoms with van der Waals surface area (Å²) in [6.07, 6.45) is 0. The number of hydrogen-bond donors (Lipinski definition) is 2. The number of aromatic nitrogens is 1. The van der Waals surface area contributed by atoms with Crippen LogP contribution in [0.5, 0.6) is 0 Å². The number of thiazole rings is 1. The Kier molecular flexibility index (Phi) is 4.66. The molecule has 0 spiro atoms. The minimum absolute atomic E-state index is 0.279. The van der Waals surface area contributed by atoms with Crippen LogP contribution in [0.3, 0.4) is 0 Å². The van der Waals surface area contributed by atoms with Crippen LogP contribution in [0, 0.1) is 11.3 Å². The SMILES string of the molecule is N#Cc1ccc(-c2csc(NC(=O)NCc3cccs3)n2)cc1. The number of anilines is 1. The molecule has 0 radical (unpaired) electrons. The number of thiophene rings is 1. The number of nitrogens with one attached hydrogen (secondary N) is 2. The molecule has 23 heavy (non-hydrogen) atoms. The fraction of sp³-hybridized carbons (Fsp3) is 0.0625. The maximum atomic E-state index is 11.8. The van der Waals surface area contributed by atoms with Crippen LogP contribution >= 0.6 is 22.7 Å². The Balaban J connectivity index is 1.60. The van der Waals surface area contributed by atoms with Crippen molar-refractivity contribution < 1.29 is 4.79 Å². The van der Waals surface area contributed by atoms with Crippen LogP contribution in [0.25, 0.3) is 11.3 Å². The van der Waals surface area contributed by atoms with Crippen molar-refractivity contribution >= 4 is 33.8 Å². The molecule has 1 aromatic carbocycles. The Bertz CT molecular complexity index is 832. The van der Waals surface area contributed by atoms with Gasteiger partial charge < -0.3 is 5.32 Å². The molecule has 7 heteroatoms. The number of amides is 2. The molecule has 5 nitrogen and oxygen atoms in total. The second-order valence-electron chi connectivity index (χ2n) is 4.61. The first-order chi connectivity index (χ1) is 11.2. The molecule has 3 aromatic rings. The molecule has 0 unspecified atom stereocenters. The van der Waals surface area contributed by atoms with Gasteiger partial charge in [0.1, 0.15) is 0 Å². The molecule has 2 amide bonds. The molecule has 0 bridgehead atoms. The molecule has 2 N–H and O–H groups in total. The number of rotatable bonds is 4. The third kappa shape index (κ3) is 3.94. The van der Waals surface area contributed by atoms with Crippen molar-refractivity contribution in [2.75, 3.05) is 5.32 Å². The zero-order valence-electron chi connectivity index (χ0n) is 11.9. The first kappa shape index (κ1) is 15.2. The average Bonchev–Trinajstić information content (AvgIpc) is 3.25. The third-order valence-electron chi connectivity index (χ3n) is 3.04. The fourth-order valence-corrected chi connectivity index (χ4v) is 3.26. The third-order valence-corrected chi connectivity index (χ3v) is 4.67.